The average molecular weight is 1620 g/mol. The molecule has 4 fully saturated rings. The van der Waals surface area contributed by atoms with Crippen molar-refractivity contribution in [3.8, 4) is 0 Å². The van der Waals surface area contributed by atoms with Crippen LogP contribution in [-0.2, 0) is 23.9 Å². The fourth-order valence-corrected chi connectivity index (χ4v) is 16.4. The summed E-state index contributed by atoms with van der Waals surface area (Å²) < 4.78 is 11.1. The summed E-state index contributed by atoms with van der Waals surface area (Å²) >= 11 is 0. The van der Waals surface area contributed by atoms with Crippen molar-refractivity contribution in [3.05, 3.63) is 179 Å². The lowest BCUT2D eigenvalue weighted by atomic mass is 9.96. The Hall–Kier alpha value is -11.5. The molecule has 0 radical (unpaired) electrons. The van der Waals surface area contributed by atoms with Gasteiger partial charge in [0.05, 0.1) is 63.3 Å². The van der Waals surface area contributed by atoms with Crippen LogP contribution in [0.15, 0.2) is 99.8 Å². The van der Waals surface area contributed by atoms with Gasteiger partial charge in [0.15, 0.2) is 44.7 Å². The summed E-state index contributed by atoms with van der Waals surface area (Å²) in [6, 6.07) is 20.1. The van der Waals surface area contributed by atoms with Gasteiger partial charge in [-0.25, -0.2) is 39.9 Å². The van der Waals surface area contributed by atoms with Gasteiger partial charge in [-0.05, 0) is 256 Å². The van der Waals surface area contributed by atoms with E-state index >= 15 is 0 Å². The molecule has 7 aliphatic heterocycles. The summed E-state index contributed by atoms with van der Waals surface area (Å²) in [5.41, 5.74) is 13.1. The third-order valence-electron chi connectivity index (χ3n) is 23.1. The van der Waals surface area contributed by atoms with Gasteiger partial charge in [-0.3, -0.25) is 33.6 Å². The zero-order valence-electron chi connectivity index (χ0n) is 70.7. The summed E-state index contributed by atoms with van der Waals surface area (Å²) in [5, 5.41) is 14.1. The number of aliphatic carboxylic acids is 1. The molecule has 0 amide bonds. The predicted octanol–water partition coefficient (Wildman–Crippen LogP) is 6.62. The largest absolute Gasteiger partial charge is 0.481 e. The first-order chi connectivity index (χ1) is 56.6. The van der Waals surface area contributed by atoms with E-state index in [1.807, 2.05) is 109 Å². The zero-order valence-corrected chi connectivity index (χ0v) is 70.7. The van der Waals surface area contributed by atoms with E-state index in [4.69, 9.17) is 9.47 Å². The quantitative estimate of drug-likeness (QED) is 0.0553. The smallest absolute Gasteiger partial charge is 0.309 e. The molecule has 3 saturated heterocycles. The van der Waals surface area contributed by atoms with Crippen LogP contribution in [0.5, 0.6) is 0 Å². The number of piperidine rings is 3. The lowest BCUT2D eigenvalue weighted by Crippen LogP contribution is -2.45. The number of nitrogens with one attached hydrogen (secondary N) is 5. The maximum Gasteiger partial charge on any atom is 0.309 e. The van der Waals surface area contributed by atoms with Crippen LogP contribution >= 0.6 is 0 Å². The van der Waals surface area contributed by atoms with E-state index in [1.165, 1.54) is 30.4 Å². The van der Waals surface area contributed by atoms with Gasteiger partial charge in [-0.15, -0.1) is 0 Å². The van der Waals surface area contributed by atoms with Crippen molar-refractivity contribution in [1.29, 1.82) is 0 Å². The molecule has 1 saturated carbocycles. The number of aryl methyl sites for hydroxylation is 6. The molecule has 119 heavy (non-hydrogen) atoms. The van der Waals surface area contributed by atoms with E-state index < -0.39 is 17.2 Å². The number of anilines is 8. The van der Waals surface area contributed by atoms with Gasteiger partial charge in [0, 0.05) is 58.4 Å². The van der Waals surface area contributed by atoms with Crippen LogP contribution in [0.4, 0.5) is 68.8 Å². The van der Waals surface area contributed by atoms with Crippen LogP contribution in [0, 0.1) is 59.3 Å². The highest BCUT2D eigenvalue weighted by Crippen LogP contribution is 2.41. The number of rotatable bonds is 16. The van der Waals surface area contributed by atoms with E-state index in [2.05, 4.69) is 161 Å². The molecule has 0 spiro atoms. The molecule has 4 aromatic carbocycles. The number of para-hydroxylation sites is 2. The van der Waals surface area contributed by atoms with Crippen LogP contribution in [0.2, 0.25) is 0 Å². The highest BCUT2D eigenvalue weighted by molar-refractivity contribution is 5.81. The summed E-state index contributed by atoms with van der Waals surface area (Å²) in [6.45, 7) is 50.3. The number of benzene rings is 4. The Labute approximate surface area is 690 Å². The number of likely N-dealkylation sites (tertiary alicyclic amines) is 3. The molecule has 0 unspecified atom stereocenters. The lowest BCUT2D eigenvalue weighted by Gasteiger charge is -2.35. The van der Waals surface area contributed by atoms with Crippen molar-refractivity contribution in [2.75, 3.05) is 111 Å². The SMILES string of the molecule is C=c1nc2c(c(=O)[nH]1)=Nc1cc(C)c(C)cc1N2CCN1CCC(C(=O)OC(C)(C)C)CC1.C=c1nc2c(c(=O)[nH]1)=Nc1cc(C)c(C)cc1N2CCN1CCCCC1.C=c1nc2c(c(=O)[nH]1)=Nc1cc(C)c(C)cc1N2CCN[C@H]1CCC[C@H]1C(=O)O.C=c1nc2c(c(=O)[nH]1)=Nc1ccccc1N2CCN1CCC(C(=O)OC(C)(C)C)CC1. The molecule has 1 aliphatic carbocycles. The van der Waals surface area contributed by atoms with E-state index in [1.54, 1.807) is 0 Å². The van der Waals surface area contributed by atoms with E-state index in [0.717, 1.165) is 172 Å². The number of aromatic amines is 4. The number of ether oxygens (including phenoxy) is 2. The number of carbonyl (C=O) groups excluding carboxylic acids is 2. The molecule has 628 valence electrons. The third-order valence-corrected chi connectivity index (χ3v) is 23.1. The molecule has 16 rings (SSSR count). The Morgan fingerprint density at radius 2 is 0.748 bits per heavy atom. The maximum absolute atomic E-state index is 12.6. The third kappa shape index (κ3) is 20.1. The fraction of sp³-hybridized carbons (Fsp3) is 0.472. The average Bonchev–Trinajstić information content (AvgIpc) is 0.995. The van der Waals surface area contributed by atoms with Gasteiger partial charge >= 0.3 is 17.9 Å². The second kappa shape index (κ2) is 36.0. The number of carboxylic acid groups (broad SMARTS) is 1. The van der Waals surface area contributed by atoms with Crippen LogP contribution < -0.4 is 90.5 Å². The molecule has 8 aliphatic rings. The first kappa shape index (κ1) is 85.4. The minimum absolute atomic E-state index is 0.0313. The first-order valence-corrected chi connectivity index (χ1v) is 41.4. The summed E-state index contributed by atoms with van der Waals surface area (Å²) in [5.74, 6) is 0.814. The van der Waals surface area contributed by atoms with Gasteiger partial charge in [-0.1, -0.05) is 51.3 Å². The van der Waals surface area contributed by atoms with Crippen molar-refractivity contribution in [2.24, 2.45) is 37.7 Å². The second-order valence-corrected chi connectivity index (χ2v) is 34.2. The van der Waals surface area contributed by atoms with Crippen LogP contribution in [0.25, 0.3) is 26.3 Å². The normalized spacial score (nSPS) is 17.6. The van der Waals surface area contributed by atoms with E-state index in [0.29, 0.717) is 88.4 Å². The van der Waals surface area contributed by atoms with Crippen molar-refractivity contribution in [1.82, 2.24) is 59.9 Å². The molecule has 30 nitrogen and oxygen atoms in total. The molecule has 11 heterocycles. The number of hydrogen-bond acceptors (Lipinski definition) is 25. The Morgan fingerprint density at radius 3 is 1.11 bits per heavy atom. The topological polar surface area (TPSA) is 357 Å². The maximum atomic E-state index is 12.6. The number of nitrogens with zero attached hydrogens (tertiary/aromatic N) is 15. The number of carboxylic acids is 1. The van der Waals surface area contributed by atoms with Gasteiger partial charge in [-0.2, -0.15) is 0 Å². The minimum Gasteiger partial charge on any atom is -0.481 e. The highest BCUT2D eigenvalue weighted by Gasteiger charge is 2.36. The van der Waals surface area contributed by atoms with E-state index in [-0.39, 0.29) is 68.8 Å². The highest BCUT2D eigenvalue weighted by atomic mass is 16.6. The van der Waals surface area contributed by atoms with Crippen LogP contribution in [-0.4, -0.2) is 186 Å². The van der Waals surface area contributed by atoms with Crippen LogP contribution in [0.3, 0.4) is 0 Å². The van der Waals surface area contributed by atoms with Crippen molar-refractivity contribution >= 4 is 113 Å². The predicted molar refractivity (Wildman–Crippen MR) is 463 cm³/mol. The zero-order chi connectivity index (χ0) is 85.1. The van der Waals surface area contributed by atoms with E-state index in [9.17, 15) is 38.7 Å². The summed E-state index contributed by atoms with van der Waals surface area (Å²) in [6.07, 6.45) is 9.50. The number of hydrogen-bond donors (Lipinski definition) is 6. The van der Waals surface area contributed by atoms with Crippen LogP contribution in [0.1, 0.15) is 139 Å². The minimum atomic E-state index is -0.742. The Balaban J connectivity index is 0.000000138. The Morgan fingerprint density at radius 1 is 0.420 bits per heavy atom. The number of esters is 2. The standard InChI is InChI=1S/C25H33N5O3.C23H29N5O3.C21H25N5O3.C20H25N5O/c1-15-13-19-20(14-16(15)2)30(22-21(28-19)23(31)27-17(3)26-22)12-11-29-9-7-18(8-10-29)24(32)33-25(4,5)6;1-15-24-20-19(21(29)25-15)26-17-7-5-6-8-18(17)28(20)14-13-27-11-9-16(10-12-27)22(30)31-23(2,3)4;1-11-9-16-17(10-12(11)2)26(19-18(25-16)20(27)24-13(3)23-19)8-7-22-15-6-4-5-14(15)21(28)29;1-13-11-16-17(12-14(13)2)25(10-9-24-7-5-4-6-8-24)19-18(23-16)20(26)22-15(3)21-19/h13-14,18H,3,7-12H2,1-2,4-6H3,(H,27,31);5-8,16H,1,9-14H2,2-4H3,(H,25,29);9-10,14-15,22H,3-8H2,1-2H3,(H,24,27)(H,28,29);11-12H,3-10H2,1-2H3,(H,22,26)/t;;14-,15+;/m..1./s1. The molecule has 30 heteroatoms. The Kier molecular flexibility index (Phi) is 25.8. The summed E-state index contributed by atoms with van der Waals surface area (Å²) in [7, 11) is 0. The molecule has 2 atom stereocenters. The van der Waals surface area contributed by atoms with Crippen molar-refractivity contribution in [3.63, 3.8) is 0 Å². The summed E-state index contributed by atoms with van der Waals surface area (Å²) in [4.78, 5) is 148. The van der Waals surface area contributed by atoms with Gasteiger partial charge in [0.2, 0.25) is 0 Å². The Bertz CT molecular complexity index is 5970. The van der Waals surface area contributed by atoms with Gasteiger partial charge < -0.3 is 74.1 Å². The van der Waals surface area contributed by atoms with Crippen molar-refractivity contribution in [2.45, 2.75) is 165 Å². The lowest BCUT2D eigenvalue weighted by molar-refractivity contribution is -0.162. The molecule has 6 N–H and O–H groups in total. The number of H-pyrrole nitrogens is 4. The molecule has 0 bridgehead atoms. The number of carbonyl (C=O) groups is 3. The molecule has 4 aromatic heterocycles. The van der Waals surface area contributed by atoms with Gasteiger partial charge in [0.1, 0.15) is 33.1 Å². The first-order valence-electron chi connectivity index (χ1n) is 41.4. The molecular formula is C89H112N20O10. The fourth-order valence-electron chi connectivity index (χ4n) is 16.4. The monoisotopic (exact) mass is 1620 g/mol. The van der Waals surface area contributed by atoms with Gasteiger partial charge in [0.25, 0.3) is 22.2 Å². The molecular weight excluding hydrogens is 1510 g/mol. The van der Waals surface area contributed by atoms with Crippen molar-refractivity contribution < 1.29 is 29.0 Å². The number of aromatic nitrogens is 8. The second-order valence-electron chi connectivity index (χ2n) is 34.2. The number of fused-ring (bicyclic) bond motifs is 8. The molecule has 8 aromatic rings.